The van der Waals surface area contributed by atoms with Crippen molar-refractivity contribution in [3.8, 4) is 11.5 Å². The molecule has 0 radical (unpaired) electrons. The molecule has 0 fully saturated rings. The number of phenolic OH excluding ortho intramolecular Hbond substituents is 1. The third-order valence-electron chi connectivity index (χ3n) is 3.17. The molecule has 0 bridgehead atoms. The van der Waals surface area contributed by atoms with Gasteiger partial charge in [0.15, 0.2) is 0 Å². The second kappa shape index (κ2) is 6.67. The summed E-state index contributed by atoms with van der Waals surface area (Å²) in [5.41, 5.74) is 0. The fraction of sp³-hybridized carbons (Fsp3) is 0.375. The van der Waals surface area contributed by atoms with E-state index in [1.807, 2.05) is 12.1 Å². The molecular formula is C16H19ClO2. The molecule has 0 saturated heterocycles. The van der Waals surface area contributed by atoms with E-state index in [1.54, 1.807) is 18.2 Å². The molecular weight excluding hydrogens is 260 g/mol. The number of aromatic hydroxyl groups is 1. The molecule has 0 aliphatic heterocycles. The van der Waals surface area contributed by atoms with Crippen molar-refractivity contribution in [3.05, 3.63) is 35.4 Å². The van der Waals surface area contributed by atoms with Crippen LogP contribution in [0.15, 0.2) is 30.3 Å². The van der Waals surface area contributed by atoms with Crippen molar-refractivity contribution >= 4 is 22.4 Å². The van der Waals surface area contributed by atoms with Crippen LogP contribution in [-0.2, 0) is 0 Å². The van der Waals surface area contributed by atoms with Gasteiger partial charge in [-0.05, 0) is 36.8 Å². The second-order valence-corrected chi connectivity index (χ2v) is 5.12. The van der Waals surface area contributed by atoms with Gasteiger partial charge >= 0.3 is 0 Å². The average Bonchev–Trinajstić information content (AvgIpc) is 2.41. The Morgan fingerprint density at radius 2 is 1.89 bits per heavy atom. The van der Waals surface area contributed by atoms with Crippen LogP contribution in [0.4, 0.5) is 0 Å². The first-order chi connectivity index (χ1) is 9.22. The Bertz CT molecular complexity index is 552. The van der Waals surface area contributed by atoms with E-state index in [9.17, 15) is 5.11 Å². The first-order valence-electron chi connectivity index (χ1n) is 6.76. The minimum atomic E-state index is 0.255. The molecule has 0 spiro atoms. The van der Waals surface area contributed by atoms with Crippen LogP contribution in [0, 0.1) is 0 Å². The highest BCUT2D eigenvalue weighted by molar-refractivity contribution is 6.31. The largest absolute Gasteiger partial charge is 0.507 e. The van der Waals surface area contributed by atoms with Gasteiger partial charge in [0, 0.05) is 15.8 Å². The molecule has 0 aliphatic rings. The van der Waals surface area contributed by atoms with E-state index in [-0.39, 0.29) is 5.75 Å². The molecule has 0 aromatic heterocycles. The lowest BCUT2D eigenvalue weighted by Crippen LogP contribution is -1.97. The van der Waals surface area contributed by atoms with Gasteiger partial charge in [0.1, 0.15) is 11.5 Å². The van der Waals surface area contributed by atoms with Crippen LogP contribution < -0.4 is 4.74 Å². The van der Waals surface area contributed by atoms with E-state index in [4.69, 9.17) is 16.3 Å². The maximum atomic E-state index is 9.83. The molecule has 0 heterocycles. The Labute approximate surface area is 119 Å². The molecule has 0 aliphatic carbocycles. The molecule has 2 rings (SSSR count). The molecule has 2 aromatic rings. The Balaban J connectivity index is 2.14. The van der Waals surface area contributed by atoms with Crippen LogP contribution in [-0.4, -0.2) is 11.7 Å². The summed E-state index contributed by atoms with van der Waals surface area (Å²) in [4.78, 5) is 0. The summed E-state index contributed by atoms with van der Waals surface area (Å²) in [7, 11) is 0. The first kappa shape index (κ1) is 14.0. The number of ether oxygens (including phenoxy) is 1. The Hall–Kier alpha value is -1.41. The van der Waals surface area contributed by atoms with Gasteiger partial charge in [-0.1, -0.05) is 37.8 Å². The Kier molecular flexibility index (Phi) is 4.92. The second-order valence-electron chi connectivity index (χ2n) is 4.68. The van der Waals surface area contributed by atoms with Gasteiger partial charge < -0.3 is 9.84 Å². The summed E-state index contributed by atoms with van der Waals surface area (Å²) >= 11 is 6.01. The number of halogens is 1. The van der Waals surface area contributed by atoms with Gasteiger partial charge in [-0.25, -0.2) is 0 Å². The number of hydrogen-bond acceptors (Lipinski definition) is 2. The van der Waals surface area contributed by atoms with Gasteiger partial charge in [0.2, 0.25) is 0 Å². The molecule has 3 heteroatoms. The summed E-state index contributed by atoms with van der Waals surface area (Å²) in [5, 5.41) is 12.1. The number of unbranched alkanes of at least 4 members (excludes halogenated alkanes) is 3. The van der Waals surface area contributed by atoms with E-state index in [1.165, 1.54) is 19.3 Å². The predicted octanol–water partition coefficient (Wildman–Crippen LogP) is 5.16. The molecule has 2 aromatic carbocycles. The molecule has 19 heavy (non-hydrogen) atoms. The van der Waals surface area contributed by atoms with E-state index < -0.39 is 0 Å². The van der Waals surface area contributed by atoms with Crippen LogP contribution in [0.25, 0.3) is 10.8 Å². The lowest BCUT2D eigenvalue weighted by Gasteiger charge is -2.10. The fourth-order valence-electron chi connectivity index (χ4n) is 2.11. The van der Waals surface area contributed by atoms with Gasteiger partial charge in [0.05, 0.1) is 6.61 Å². The zero-order chi connectivity index (χ0) is 13.7. The van der Waals surface area contributed by atoms with Crippen LogP contribution in [0.2, 0.25) is 5.02 Å². The minimum absolute atomic E-state index is 0.255. The van der Waals surface area contributed by atoms with E-state index in [0.29, 0.717) is 11.6 Å². The lowest BCUT2D eigenvalue weighted by atomic mass is 10.1. The maximum Gasteiger partial charge on any atom is 0.127 e. The predicted molar refractivity (Wildman–Crippen MR) is 80.3 cm³/mol. The minimum Gasteiger partial charge on any atom is -0.507 e. The molecule has 0 amide bonds. The Morgan fingerprint density at radius 1 is 1.05 bits per heavy atom. The van der Waals surface area contributed by atoms with Crippen LogP contribution in [0.1, 0.15) is 32.6 Å². The molecule has 0 atom stereocenters. The van der Waals surface area contributed by atoms with E-state index >= 15 is 0 Å². The fourth-order valence-corrected chi connectivity index (χ4v) is 2.29. The van der Waals surface area contributed by atoms with E-state index in [0.717, 1.165) is 22.9 Å². The number of phenols is 1. The molecule has 102 valence electrons. The first-order valence-corrected chi connectivity index (χ1v) is 7.14. The van der Waals surface area contributed by atoms with Crippen molar-refractivity contribution < 1.29 is 9.84 Å². The third-order valence-corrected chi connectivity index (χ3v) is 3.41. The van der Waals surface area contributed by atoms with Crippen molar-refractivity contribution in [2.24, 2.45) is 0 Å². The summed E-state index contributed by atoms with van der Waals surface area (Å²) in [5.74, 6) is 1.04. The summed E-state index contributed by atoms with van der Waals surface area (Å²) in [6, 6.07) is 8.88. The monoisotopic (exact) mass is 278 g/mol. The van der Waals surface area contributed by atoms with Gasteiger partial charge in [-0.15, -0.1) is 0 Å². The highest BCUT2D eigenvalue weighted by atomic mass is 35.5. The zero-order valence-electron chi connectivity index (χ0n) is 11.2. The standard InChI is InChI=1S/C16H19ClO2/c1-2-3-4-5-10-19-16-9-8-15(18)13-7-6-12(17)11-14(13)16/h6-9,11,18H,2-5,10H2,1H3. The third kappa shape index (κ3) is 3.54. The smallest absolute Gasteiger partial charge is 0.127 e. The topological polar surface area (TPSA) is 29.5 Å². The van der Waals surface area contributed by atoms with Crippen molar-refractivity contribution in [1.82, 2.24) is 0 Å². The molecule has 0 saturated carbocycles. The number of rotatable bonds is 6. The van der Waals surface area contributed by atoms with Crippen molar-refractivity contribution in [1.29, 1.82) is 0 Å². The average molecular weight is 279 g/mol. The van der Waals surface area contributed by atoms with Gasteiger partial charge in [0.25, 0.3) is 0 Å². The quantitative estimate of drug-likeness (QED) is 0.740. The van der Waals surface area contributed by atoms with Crippen molar-refractivity contribution in [3.63, 3.8) is 0 Å². The number of fused-ring (bicyclic) bond motifs is 1. The summed E-state index contributed by atoms with van der Waals surface area (Å²) < 4.78 is 5.81. The normalized spacial score (nSPS) is 10.8. The SMILES string of the molecule is CCCCCCOc1ccc(O)c2ccc(Cl)cc12. The van der Waals surface area contributed by atoms with Crippen molar-refractivity contribution in [2.45, 2.75) is 32.6 Å². The molecule has 0 unspecified atom stereocenters. The van der Waals surface area contributed by atoms with Gasteiger partial charge in [-0.2, -0.15) is 0 Å². The van der Waals surface area contributed by atoms with Gasteiger partial charge in [-0.3, -0.25) is 0 Å². The molecule has 2 nitrogen and oxygen atoms in total. The summed E-state index contributed by atoms with van der Waals surface area (Å²) in [6.07, 6.45) is 4.70. The highest BCUT2D eigenvalue weighted by Gasteiger charge is 2.07. The van der Waals surface area contributed by atoms with Crippen molar-refractivity contribution in [2.75, 3.05) is 6.61 Å². The zero-order valence-corrected chi connectivity index (χ0v) is 11.9. The number of benzene rings is 2. The van der Waals surface area contributed by atoms with E-state index in [2.05, 4.69) is 6.92 Å². The Morgan fingerprint density at radius 3 is 2.68 bits per heavy atom. The summed E-state index contributed by atoms with van der Waals surface area (Å²) in [6.45, 7) is 2.89. The van der Waals surface area contributed by atoms with Crippen LogP contribution >= 0.6 is 11.6 Å². The van der Waals surface area contributed by atoms with Crippen LogP contribution in [0.3, 0.4) is 0 Å². The highest BCUT2D eigenvalue weighted by Crippen LogP contribution is 2.34. The van der Waals surface area contributed by atoms with Crippen LogP contribution in [0.5, 0.6) is 11.5 Å². The maximum absolute atomic E-state index is 9.83. The number of hydrogen-bond donors (Lipinski definition) is 1. The molecule has 1 N–H and O–H groups in total. The lowest BCUT2D eigenvalue weighted by molar-refractivity contribution is 0.308.